The van der Waals surface area contributed by atoms with Crippen LogP contribution >= 0.6 is 35.0 Å². The van der Waals surface area contributed by atoms with Crippen LogP contribution in [-0.4, -0.2) is 18.3 Å². The molecule has 0 spiro atoms. The van der Waals surface area contributed by atoms with Crippen LogP contribution in [0, 0.1) is 0 Å². The second kappa shape index (κ2) is 9.69. The molecule has 0 radical (unpaired) electrons. The molecule has 0 bridgehead atoms. The average Bonchev–Trinajstić information content (AvgIpc) is 3.07. The van der Waals surface area contributed by atoms with E-state index in [-0.39, 0.29) is 17.8 Å². The highest BCUT2D eigenvalue weighted by Gasteiger charge is 2.36. The Bertz CT molecular complexity index is 1210. The van der Waals surface area contributed by atoms with E-state index in [0.29, 0.717) is 37.7 Å². The summed E-state index contributed by atoms with van der Waals surface area (Å²) in [6, 6.07) is 19.5. The van der Waals surface area contributed by atoms with Gasteiger partial charge in [0.25, 0.3) is 11.1 Å². The van der Waals surface area contributed by atoms with Crippen molar-refractivity contribution < 1.29 is 19.1 Å². The van der Waals surface area contributed by atoms with Gasteiger partial charge in [-0.2, -0.15) is 0 Å². The molecule has 1 saturated heterocycles. The molecule has 0 N–H and O–H groups in total. The molecule has 8 heteroatoms. The van der Waals surface area contributed by atoms with E-state index in [1.54, 1.807) is 48.5 Å². The van der Waals surface area contributed by atoms with Crippen LogP contribution in [0.1, 0.15) is 11.1 Å². The Balaban J connectivity index is 1.59. The molecule has 1 aliphatic heterocycles. The van der Waals surface area contributed by atoms with E-state index in [4.69, 9.17) is 32.7 Å². The van der Waals surface area contributed by atoms with Gasteiger partial charge < -0.3 is 9.47 Å². The lowest BCUT2D eigenvalue weighted by Crippen LogP contribution is -2.27. The van der Waals surface area contributed by atoms with Gasteiger partial charge in [-0.15, -0.1) is 0 Å². The number of hydrogen-bond acceptors (Lipinski definition) is 5. The first kappa shape index (κ1) is 22.3. The van der Waals surface area contributed by atoms with E-state index >= 15 is 0 Å². The van der Waals surface area contributed by atoms with Crippen molar-refractivity contribution >= 4 is 57.9 Å². The van der Waals surface area contributed by atoms with Gasteiger partial charge in [0.15, 0.2) is 11.5 Å². The van der Waals surface area contributed by atoms with E-state index in [0.717, 1.165) is 22.2 Å². The Kier molecular flexibility index (Phi) is 6.74. The number of methoxy groups -OCH3 is 1. The van der Waals surface area contributed by atoms with Gasteiger partial charge in [0.1, 0.15) is 6.61 Å². The maximum absolute atomic E-state index is 12.8. The summed E-state index contributed by atoms with van der Waals surface area (Å²) in [7, 11) is 1.50. The summed E-state index contributed by atoms with van der Waals surface area (Å²) >= 11 is 13.5. The van der Waals surface area contributed by atoms with Crippen molar-refractivity contribution in [3.8, 4) is 11.5 Å². The van der Waals surface area contributed by atoms with Gasteiger partial charge in [-0.25, -0.2) is 4.90 Å². The second-order valence-electron chi connectivity index (χ2n) is 6.77. The van der Waals surface area contributed by atoms with Gasteiger partial charge in [0, 0.05) is 10.6 Å². The Morgan fingerprint density at radius 3 is 2.41 bits per heavy atom. The predicted octanol–water partition coefficient (Wildman–Crippen LogP) is 6.82. The lowest BCUT2D eigenvalue weighted by Gasteiger charge is -2.14. The third kappa shape index (κ3) is 4.63. The summed E-state index contributed by atoms with van der Waals surface area (Å²) < 4.78 is 11.3. The summed E-state index contributed by atoms with van der Waals surface area (Å²) in [4.78, 5) is 26.7. The molecule has 2 amide bonds. The largest absolute Gasteiger partial charge is 0.493 e. The molecule has 4 rings (SSSR count). The minimum Gasteiger partial charge on any atom is -0.493 e. The lowest BCUT2D eigenvalue weighted by molar-refractivity contribution is -0.113. The molecule has 1 aliphatic rings. The number of hydrogen-bond donors (Lipinski definition) is 0. The molecule has 0 aromatic heterocycles. The number of ether oxygens (including phenoxy) is 2. The van der Waals surface area contributed by atoms with Crippen molar-refractivity contribution in [1.29, 1.82) is 0 Å². The second-order valence-corrected chi connectivity index (χ2v) is 8.57. The quantitative estimate of drug-likeness (QED) is 0.358. The van der Waals surface area contributed by atoms with Gasteiger partial charge >= 0.3 is 0 Å². The minimum atomic E-state index is -0.389. The molecule has 3 aromatic carbocycles. The van der Waals surface area contributed by atoms with Crippen LogP contribution in [0.2, 0.25) is 10.0 Å². The number of anilines is 1. The van der Waals surface area contributed by atoms with Gasteiger partial charge in [-0.05, 0) is 53.7 Å². The number of benzene rings is 3. The van der Waals surface area contributed by atoms with Crippen molar-refractivity contribution in [2.24, 2.45) is 0 Å². The van der Waals surface area contributed by atoms with E-state index < -0.39 is 0 Å². The molecule has 0 saturated carbocycles. The van der Waals surface area contributed by atoms with Crippen molar-refractivity contribution in [3.05, 3.63) is 92.8 Å². The van der Waals surface area contributed by atoms with Crippen LogP contribution in [0.15, 0.2) is 71.6 Å². The number of halogens is 2. The highest BCUT2D eigenvalue weighted by molar-refractivity contribution is 8.19. The summed E-state index contributed by atoms with van der Waals surface area (Å²) in [5.74, 6) is 0.377. The van der Waals surface area contributed by atoms with Crippen LogP contribution in [0.5, 0.6) is 11.5 Å². The summed E-state index contributed by atoms with van der Waals surface area (Å²) in [5.41, 5.74) is 1.94. The molecular weight excluding hydrogens is 469 g/mol. The van der Waals surface area contributed by atoms with E-state index in [9.17, 15) is 9.59 Å². The summed E-state index contributed by atoms with van der Waals surface area (Å²) in [6.07, 6.45) is 1.61. The highest BCUT2D eigenvalue weighted by atomic mass is 35.5. The number of carbonyl (C=O) groups is 2. The lowest BCUT2D eigenvalue weighted by atomic mass is 10.1. The summed E-state index contributed by atoms with van der Waals surface area (Å²) in [5, 5.41) is 0.545. The fourth-order valence-electron chi connectivity index (χ4n) is 3.15. The normalized spacial score (nSPS) is 14.8. The van der Waals surface area contributed by atoms with Crippen LogP contribution in [0.4, 0.5) is 10.5 Å². The number of thioether (sulfide) groups is 1. The number of carbonyl (C=O) groups excluding carboxylic acids is 2. The van der Waals surface area contributed by atoms with Gasteiger partial charge in [0.2, 0.25) is 0 Å². The standard InChI is InChI=1S/C24H17Cl2NO4S/c1-30-20-12-15(11-19(26)22(20)31-14-16-7-5-6-10-18(16)25)13-21-23(28)27(24(29)32-21)17-8-3-2-4-9-17/h2-13H,14H2,1H3/b21-13-. The molecular formula is C24H17Cl2NO4S. The third-order valence-electron chi connectivity index (χ3n) is 4.69. The highest BCUT2D eigenvalue weighted by Crippen LogP contribution is 2.40. The molecule has 1 heterocycles. The Morgan fingerprint density at radius 1 is 0.969 bits per heavy atom. The van der Waals surface area contributed by atoms with Crippen molar-refractivity contribution in [2.45, 2.75) is 6.61 Å². The fraction of sp³-hybridized carbons (Fsp3) is 0.0833. The number of imide groups is 1. The maximum atomic E-state index is 12.8. The van der Waals surface area contributed by atoms with Crippen molar-refractivity contribution in [3.63, 3.8) is 0 Å². The van der Waals surface area contributed by atoms with Crippen LogP contribution in [-0.2, 0) is 11.4 Å². The Hall–Kier alpha value is -2.93. The van der Waals surface area contributed by atoms with E-state index in [2.05, 4.69) is 0 Å². The average molecular weight is 486 g/mol. The SMILES string of the molecule is COc1cc(/C=C2\SC(=O)N(c3ccccc3)C2=O)cc(Cl)c1OCc1ccccc1Cl. The molecule has 32 heavy (non-hydrogen) atoms. The Morgan fingerprint density at radius 2 is 1.69 bits per heavy atom. The molecule has 0 unspecified atom stereocenters. The molecule has 1 fully saturated rings. The zero-order valence-corrected chi connectivity index (χ0v) is 19.2. The number of nitrogens with zero attached hydrogens (tertiary/aromatic N) is 1. The third-order valence-corrected chi connectivity index (χ3v) is 6.21. The molecule has 3 aromatic rings. The zero-order valence-electron chi connectivity index (χ0n) is 16.9. The fourth-order valence-corrected chi connectivity index (χ4v) is 4.45. The van der Waals surface area contributed by atoms with Gasteiger partial charge in [-0.1, -0.05) is 59.6 Å². The number of amides is 2. The first-order chi connectivity index (χ1) is 15.5. The number of para-hydroxylation sites is 1. The van der Waals surface area contributed by atoms with Crippen molar-refractivity contribution in [2.75, 3.05) is 12.0 Å². The van der Waals surface area contributed by atoms with Crippen LogP contribution < -0.4 is 14.4 Å². The summed E-state index contributed by atoms with van der Waals surface area (Å²) in [6.45, 7) is 0.213. The zero-order chi connectivity index (χ0) is 22.7. The predicted molar refractivity (Wildman–Crippen MR) is 129 cm³/mol. The molecule has 0 aliphatic carbocycles. The van der Waals surface area contributed by atoms with Gasteiger partial charge in [0.05, 0.1) is 22.7 Å². The first-order valence-corrected chi connectivity index (χ1v) is 11.1. The minimum absolute atomic E-state index is 0.213. The topological polar surface area (TPSA) is 55.8 Å². The smallest absolute Gasteiger partial charge is 0.298 e. The molecule has 0 atom stereocenters. The Labute approximate surface area is 199 Å². The van der Waals surface area contributed by atoms with E-state index in [1.165, 1.54) is 7.11 Å². The first-order valence-electron chi connectivity index (χ1n) is 9.54. The molecule has 162 valence electrons. The van der Waals surface area contributed by atoms with E-state index in [1.807, 2.05) is 24.3 Å². The number of rotatable bonds is 6. The van der Waals surface area contributed by atoms with Gasteiger partial charge in [-0.3, -0.25) is 9.59 Å². The molecule has 5 nitrogen and oxygen atoms in total. The van der Waals surface area contributed by atoms with Crippen molar-refractivity contribution in [1.82, 2.24) is 0 Å². The monoisotopic (exact) mass is 485 g/mol. The van der Waals surface area contributed by atoms with Crippen LogP contribution in [0.3, 0.4) is 0 Å². The van der Waals surface area contributed by atoms with Crippen LogP contribution in [0.25, 0.3) is 6.08 Å². The maximum Gasteiger partial charge on any atom is 0.298 e.